The number of para-hydroxylation sites is 4. The van der Waals surface area contributed by atoms with Gasteiger partial charge in [0.2, 0.25) is 0 Å². The van der Waals surface area contributed by atoms with E-state index in [9.17, 15) is 0 Å². The van der Waals surface area contributed by atoms with Crippen LogP contribution < -0.4 is 4.74 Å². The molecule has 12 rings (SSSR count). The minimum Gasteiger partial charge on any atom is -0.0570 e. The number of ether oxygens (including phenoxy) is 1. The molecule has 0 aliphatic rings. The molecule has 0 aliphatic heterocycles. The summed E-state index contributed by atoms with van der Waals surface area (Å²) in [5.41, 5.74) is 13.5. The Kier molecular flexibility index (Phi) is 8.43. The molecule has 7 aromatic carbocycles. The van der Waals surface area contributed by atoms with Gasteiger partial charge in [-0.3, -0.25) is 0 Å². The molecular weight excluding hydrogens is 966 g/mol. The molecule has 5 aromatic heterocycles. The predicted octanol–water partition coefficient (Wildman–Crippen LogP) is 14.4. The minimum atomic E-state index is -0.0130. The average molecular weight is 1010 g/mol. The predicted molar refractivity (Wildman–Crippen MR) is 259 cm³/mol. The van der Waals surface area contributed by atoms with Crippen molar-refractivity contribution in [3.8, 4) is 28.7 Å². The van der Waals surface area contributed by atoms with Gasteiger partial charge in [0.25, 0.3) is 0 Å². The summed E-state index contributed by atoms with van der Waals surface area (Å²) in [6.07, 6.45) is 1.85. The third-order valence-corrected chi connectivity index (χ3v) is 14.0. The smallest absolute Gasteiger partial charge is 0.0570 e. The quantitative estimate of drug-likeness (QED) is 0.161. The zero-order valence-corrected chi connectivity index (χ0v) is 39.1. The summed E-state index contributed by atoms with van der Waals surface area (Å²) in [6, 6.07) is 57.7. The molecule has 5 heterocycles. The van der Waals surface area contributed by atoms with E-state index in [0.717, 1.165) is 59.4 Å². The molecule has 0 N–H and O–H groups in total. The van der Waals surface area contributed by atoms with E-state index >= 15 is 0 Å². The van der Waals surface area contributed by atoms with E-state index < -0.39 is 0 Å². The fraction of sp³-hybridized carbons (Fsp3) is 0.158. The number of nitrogens with zero attached hydrogens (tertiary/aromatic N) is 5. The van der Waals surface area contributed by atoms with Crippen molar-refractivity contribution in [2.45, 2.75) is 59.3 Å². The van der Waals surface area contributed by atoms with E-state index in [-0.39, 0.29) is 10.8 Å². The number of fused-ring (bicyclic) bond motifs is 10. The SMILES string of the molecule is Cc1ccc(-n2[c](=[Pt])n(-c3cc(C(C)(C)C)cc(C(C)(C)C)c3)c3ccccc32)[c-]c1Oc1[c-]c2c(cc1)c1cc3c4cccc5c6ccccc6n(c3cc1n2-c1ccccn1)c54. The average Bonchev–Trinajstić information content (AvgIpc) is 3.99. The van der Waals surface area contributed by atoms with Gasteiger partial charge >= 0.3 is 281 Å². The third kappa shape index (κ3) is 5.81. The molecule has 0 saturated heterocycles. The second kappa shape index (κ2) is 13.9. The molecule has 0 spiro atoms. The van der Waals surface area contributed by atoms with Crippen LogP contribution in [0.2, 0.25) is 0 Å². The van der Waals surface area contributed by atoms with E-state index in [1.165, 1.54) is 49.2 Å². The Bertz CT molecular complexity index is 3890. The summed E-state index contributed by atoms with van der Waals surface area (Å²) >= 11 is 2.48. The summed E-state index contributed by atoms with van der Waals surface area (Å²) in [4.78, 5) is 4.88. The molecule has 0 unspecified atom stereocenters. The Hall–Kier alpha value is -6.75. The van der Waals surface area contributed by atoms with Gasteiger partial charge < -0.3 is 4.40 Å². The Balaban J connectivity index is 1.01. The van der Waals surface area contributed by atoms with Crippen molar-refractivity contribution in [3.63, 3.8) is 0 Å². The number of aromatic nitrogens is 5. The molecule has 0 atom stereocenters. The summed E-state index contributed by atoms with van der Waals surface area (Å²) in [7, 11) is 0. The molecule has 0 radical (unpaired) electrons. The van der Waals surface area contributed by atoms with Gasteiger partial charge in [-0.15, -0.1) is 0 Å². The van der Waals surface area contributed by atoms with Gasteiger partial charge in [-0.25, -0.2) is 0 Å². The third-order valence-electron chi connectivity index (χ3n) is 13.0. The van der Waals surface area contributed by atoms with Crippen LogP contribution in [0.25, 0.3) is 88.1 Å². The molecular formula is C57H45N5OPt-2. The number of aryl methyl sites for hydroxylation is 1. The Morgan fingerprint density at radius 3 is 1.91 bits per heavy atom. The normalized spacial score (nSPS) is 12.7. The van der Waals surface area contributed by atoms with Gasteiger partial charge in [0, 0.05) is 27.7 Å². The summed E-state index contributed by atoms with van der Waals surface area (Å²) < 4.78 is 17.2. The topological polar surface area (TPSA) is 41.3 Å². The summed E-state index contributed by atoms with van der Waals surface area (Å²) in [5.74, 6) is 2.08. The van der Waals surface area contributed by atoms with Gasteiger partial charge in [0.15, 0.2) is 0 Å². The second-order valence-corrected chi connectivity index (χ2v) is 20.2. The number of benzene rings is 7. The van der Waals surface area contributed by atoms with Crippen molar-refractivity contribution in [1.82, 2.24) is 23.1 Å². The van der Waals surface area contributed by atoms with Crippen molar-refractivity contribution in [1.29, 1.82) is 0 Å². The zero-order chi connectivity index (χ0) is 43.8. The van der Waals surface area contributed by atoms with Crippen molar-refractivity contribution >= 4 is 70.9 Å². The van der Waals surface area contributed by atoms with Gasteiger partial charge in [-0.1, -0.05) is 42.5 Å². The van der Waals surface area contributed by atoms with E-state index in [4.69, 9.17) is 9.72 Å². The molecule has 7 heteroatoms. The maximum atomic E-state index is 6.85. The molecule has 0 saturated carbocycles. The number of rotatable bonds is 5. The number of hydrogen-bond donors (Lipinski definition) is 0. The van der Waals surface area contributed by atoms with E-state index in [1.807, 2.05) is 24.4 Å². The Morgan fingerprint density at radius 2 is 1.19 bits per heavy atom. The van der Waals surface area contributed by atoms with Gasteiger partial charge in [-0.05, 0) is 12.1 Å². The van der Waals surface area contributed by atoms with Crippen LogP contribution in [0, 0.1) is 22.9 Å². The molecule has 12 aromatic rings. The second-order valence-electron chi connectivity index (χ2n) is 19.2. The van der Waals surface area contributed by atoms with Crippen LogP contribution in [0.4, 0.5) is 0 Å². The maximum absolute atomic E-state index is 6.85. The van der Waals surface area contributed by atoms with Gasteiger partial charge in [0.1, 0.15) is 0 Å². The Labute approximate surface area is 382 Å². The van der Waals surface area contributed by atoms with Crippen LogP contribution in [0.1, 0.15) is 58.2 Å². The molecule has 0 fully saturated rings. The van der Waals surface area contributed by atoms with Gasteiger partial charge in [0.05, 0.1) is 16.6 Å². The van der Waals surface area contributed by atoms with E-state index in [1.54, 1.807) is 0 Å². The first-order valence-corrected chi connectivity index (χ1v) is 23.0. The Morgan fingerprint density at radius 1 is 0.531 bits per heavy atom. The molecule has 0 aliphatic carbocycles. The van der Waals surface area contributed by atoms with E-state index in [2.05, 4.69) is 219 Å². The number of imidazole rings is 1. The first kappa shape index (κ1) is 38.9. The van der Waals surface area contributed by atoms with Crippen LogP contribution in [0.5, 0.6) is 11.5 Å². The van der Waals surface area contributed by atoms with Gasteiger partial charge in [-0.2, -0.15) is 0 Å². The van der Waals surface area contributed by atoms with Crippen LogP contribution in [0.15, 0.2) is 146 Å². The molecule has 0 amide bonds. The first-order valence-electron chi connectivity index (χ1n) is 21.9. The van der Waals surface area contributed by atoms with Crippen LogP contribution in [-0.2, 0) is 30.2 Å². The molecule has 316 valence electrons. The fourth-order valence-electron chi connectivity index (χ4n) is 9.70. The summed E-state index contributed by atoms with van der Waals surface area (Å²) in [5, 5.41) is 7.25. The molecule has 0 bridgehead atoms. The number of hydrogen-bond acceptors (Lipinski definition) is 2. The number of pyridine rings is 1. The minimum absolute atomic E-state index is 0.0130. The van der Waals surface area contributed by atoms with Crippen molar-refractivity contribution in [3.05, 3.63) is 178 Å². The van der Waals surface area contributed by atoms with Crippen molar-refractivity contribution in [2.24, 2.45) is 0 Å². The van der Waals surface area contributed by atoms with Crippen molar-refractivity contribution < 1.29 is 24.1 Å². The van der Waals surface area contributed by atoms with Crippen molar-refractivity contribution in [2.75, 3.05) is 0 Å². The summed E-state index contributed by atoms with van der Waals surface area (Å²) in [6.45, 7) is 15.8. The fourth-order valence-corrected chi connectivity index (χ4v) is 10.8. The van der Waals surface area contributed by atoms with Crippen LogP contribution >= 0.6 is 0 Å². The molecule has 6 nitrogen and oxygen atoms in total. The zero-order valence-electron chi connectivity index (χ0n) is 36.8. The monoisotopic (exact) mass is 1010 g/mol. The molecule has 64 heavy (non-hydrogen) atoms. The van der Waals surface area contributed by atoms with Crippen LogP contribution in [-0.4, -0.2) is 23.1 Å². The van der Waals surface area contributed by atoms with Crippen LogP contribution in [0.3, 0.4) is 0 Å². The standard InChI is InChI=1S/C57H45N5O.Pt/c1-35-22-23-38(59-34-60(49-20-11-10-19-48(49)59)39-28-36(56(2,3)4)27-37(29-39)57(5,6)7)30-53(35)63-40-24-25-42-45-32-46-44-17-14-16-43-41-15-8-9-18-47(41)62(55(43)44)52(46)33-51(45)61(50(42)31-40)54-21-12-13-26-58-54;/h8-29,32-33H,1-7H3;/q-2;. The van der Waals surface area contributed by atoms with E-state index in [0.29, 0.717) is 11.5 Å². The first-order chi connectivity index (χ1) is 30.8.